The summed E-state index contributed by atoms with van der Waals surface area (Å²) in [5.74, 6) is 1.01. The second kappa shape index (κ2) is 7.51. The van der Waals surface area contributed by atoms with Crippen molar-refractivity contribution in [2.24, 2.45) is 10.4 Å². The number of aliphatic imine (C=N–C) groups is 1. The lowest BCUT2D eigenvalue weighted by Crippen LogP contribution is -2.41. The first kappa shape index (κ1) is 18.0. The minimum Gasteiger partial charge on any atom is -0.356 e. The van der Waals surface area contributed by atoms with Crippen molar-refractivity contribution >= 4 is 35.6 Å². The standard InChI is InChI=1S/C17H25N5.HI/c1-17(2)8-11-22(13-17)16(18-3)19-9-7-14-12-21-10-5-4-6-15(21)20-14;/h4-6,10,12H,7-9,11,13H2,1-3H3,(H,18,19);1H. The van der Waals surface area contributed by atoms with Crippen molar-refractivity contribution in [3.63, 3.8) is 0 Å². The van der Waals surface area contributed by atoms with Gasteiger partial charge >= 0.3 is 0 Å². The first-order valence-corrected chi connectivity index (χ1v) is 7.96. The van der Waals surface area contributed by atoms with Crippen LogP contribution in [0.2, 0.25) is 0 Å². The van der Waals surface area contributed by atoms with Crippen LogP contribution in [0.25, 0.3) is 5.65 Å². The Morgan fingerprint density at radius 3 is 2.87 bits per heavy atom. The third-order valence-corrected chi connectivity index (χ3v) is 4.27. The molecule has 1 fully saturated rings. The maximum absolute atomic E-state index is 4.63. The van der Waals surface area contributed by atoms with Crippen LogP contribution >= 0.6 is 24.0 Å². The first-order chi connectivity index (χ1) is 10.6. The highest BCUT2D eigenvalue weighted by Gasteiger charge is 2.30. The summed E-state index contributed by atoms with van der Waals surface area (Å²) in [5, 5.41) is 3.47. The fourth-order valence-electron chi connectivity index (χ4n) is 3.04. The van der Waals surface area contributed by atoms with Crippen molar-refractivity contribution in [3.8, 4) is 0 Å². The van der Waals surface area contributed by atoms with Gasteiger partial charge in [-0.3, -0.25) is 4.99 Å². The van der Waals surface area contributed by atoms with Crippen LogP contribution in [-0.4, -0.2) is 46.9 Å². The van der Waals surface area contributed by atoms with Crippen molar-refractivity contribution < 1.29 is 0 Å². The fourth-order valence-corrected chi connectivity index (χ4v) is 3.04. The number of fused-ring (bicyclic) bond motifs is 1. The summed E-state index contributed by atoms with van der Waals surface area (Å²) < 4.78 is 2.06. The van der Waals surface area contributed by atoms with Gasteiger partial charge in [0.1, 0.15) is 5.65 Å². The van der Waals surface area contributed by atoms with Crippen LogP contribution in [0.3, 0.4) is 0 Å². The molecule has 6 heteroatoms. The third kappa shape index (κ3) is 4.37. The number of aromatic nitrogens is 2. The van der Waals surface area contributed by atoms with Gasteiger partial charge in [0.2, 0.25) is 0 Å². The zero-order valence-corrected chi connectivity index (χ0v) is 16.4. The molecule has 0 bridgehead atoms. The number of guanidine groups is 1. The molecule has 1 aliphatic rings. The zero-order chi connectivity index (χ0) is 15.6. The van der Waals surface area contributed by atoms with Gasteiger partial charge in [0.15, 0.2) is 5.96 Å². The molecular formula is C17H26IN5. The Morgan fingerprint density at radius 1 is 1.39 bits per heavy atom. The number of hydrogen-bond donors (Lipinski definition) is 1. The van der Waals surface area contributed by atoms with Crippen LogP contribution in [-0.2, 0) is 6.42 Å². The molecule has 2 aromatic rings. The van der Waals surface area contributed by atoms with Gasteiger partial charge in [-0.2, -0.15) is 0 Å². The molecule has 0 amide bonds. The van der Waals surface area contributed by atoms with Gasteiger partial charge in [-0.25, -0.2) is 4.98 Å². The quantitative estimate of drug-likeness (QED) is 0.466. The monoisotopic (exact) mass is 427 g/mol. The molecule has 23 heavy (non-hydrogen) atoms. The SMILES string of the molecule is CN=C(NCCc1cn2ccccc2n1)N1CCC(C)(C)C1.I. The lowest BCUT2D eigenvalue weighted by molar-refractivity contribution is 0.370. The molecule has 3 rings (SSSR count). The van der Waals surface area contributed by atoms with E-state index in [4.69, 9.17) is 0 Å². The molecule has 1 aliphatic heterocycles. The van der Waals surface area contributed by atoms with Crippen LogP contribution in [0.5, 0.6) is 0 Å². The molecule has 5 nitrogen and oxygen atoms in total. The zero-order valence-electron chi connectivity index (χ0n) is 14.1. The highest BCUT2D eigenvalue weighted by atomic mass is 127. The van der Waals surface area contributed by atoms with Crippen LogP contribution < -0.4 is 5.32 Å². The summed E-state index contributed by atoms with van der Waals surface area (Å²) >= 11 is 0. The van der Waals surface area contributed by atoms with E-state index in [1.165, 1.54) is 6.42 Å². The summed E-state index contributed by atoms with van der Waals surface area (Å²) in [4.78, 5) is 11.4. The second-order valence-electron chi connectivity index (χ2n) is 6.76. The van der Waals surface area contributed by atoms with Gasteiger partial charge in [0, 0.05) is 45.5 Å². The Labute approximate surface area is 155 Å². The Kier molecular flexibility index (Phi) is 5.89. The largest absolute Gasteiger partial charge is 0.356 e. The number of pyridine rings is 1. The molecule has 126 valence electrons. The molecule has 0 radical (unpaired) electrons. The Bertz CT molecular complexity index is 643. The summed E-state index contributed by atoms with van der Waals surface area (Å²) in [7, 11) is 1.86. The van der Waals surface area contributed by atoms with Crippen molar-refractivity contribution in [1.82, 2.24) is 19.6 Å². The number of hydrogen-bond acceptors (Lipinski definition) is 2. The van der Waals surface area contributed by atoms with Crippen LogP contribution in [0.1, 0.15) is 26.0 Å². The molecule has 3 heterocycles. The smallest absolute Gasteiger partial charge is 0.193 e. The van der Waals surface area contributed by atoms with E-state index in [2.05, 4.69) is 44.6 Å². The highest BCUT2D eigenvalue weighted by molar-refractivity contribution is 14.0. The van der Waals surface area contributed by atoms with Gasteiger partial charge in [0.25, 0.3) is 0 Å². The van der Waals surface area contributed by atoms with E-state index in [-0.39, 0.29) is 24.0 Å². The number of likely N-dealkylation sites (tertiary alicyclic amines) is 1. The maximum atomic E-state index is 4.63. The number of nitrogens with zero attached hydrogens (tertiary/aromatic N) is 4. The van der Waals surface area contributed by atoms with Gasteiger partial charge in [-0.15, -0.1) is 24.0 Å². The molecule has 1 N–H and O–H groups in total. The maximum Gasteiger partial charge on any atom is 0.193 e. The van der Waals surface area contributed by atoms with E-state index >= 15 is 0 Å². The predicted molar refractivity (Wildman–Crippen MR) is 106 cm³/mol. The topological polar surface area (TPSA) is 44.9 Å². The Morgan fingerprint density at radius 2 is 2.22 bits per heavy atom. The summed E-state index contributed by atoms with van der Waals surface area (Å²) in [6.45, 7) is 7.64. The summed E-state index contributed by atoms with van der Waals surface area (Å²) in [5.41, 5.74) is 2.50. The first-order valence-electron chi connectivity index (χ1n) is 7.96. The summed E-state index contributed by atoms with van der Waals surface area (Å²) in [6, 6.07) is 6.07. The van der Waals surface area contributed by atoms with E-state index in [0.29, 0.717) is 5.41 Å². The van der Waals surface area contributed by atoms with Crippen LogP contribution in [0.15, 0.2) is 35.6 Å². The lowest BCUT2D eigenvalue weighted by Gasteiger charge is -2.23. The minimum atomic E-state index is 0. The number of halogens is 1. The highest BCUT2D eigenvalue weighted by Crippen LogP contribution is 2.28. The van der Waals surface area contributed by atoms with Gasteiger partial charge in [-0.1, -0.05) is 19.9 Å². The average Bonchev–Trinajstić information content (AvgIpc) is 3.06. The molecule has 0 atom stereocenters. The lowest BCUT2D eigenvalue weighted by atomic mass is 9.93. The van der Waals surface area contributed by atoms with Crippen LogP contribution in [0, 0.1) is 5.41 Å². The second-order valence-corrected chi connectivity index (χ2v) is 6.76. The van der Waals surface area contributed by atoms with Crippen molar-refractivity contribution in [1.29, 1.82) is 0 Å². The molecule has 0 spiro atoms. The van der Waals surface area contributed by atoms with Gasteiger partial charge in [0.05, 0.1) is 5.69 Å². The van der Waals surface area contributed by atoms with E-state index in [1.54, 1.807) is 0 Å². The van der Waals surface area contributed by atoms with Crippen molar-refractivity contribution in [3.05, 3.63) is 36.3 Å². The van der Waals surface area contributed by atoms with E-state index in [0.717, 1.165) is 43.4 Å². The third-order valence-electron chi connectivity index (χ3n) is 4.27. The average molecular weight is 427 g/mol. The normalized spacial score (nSPS) is 17.3. The van der Waals surface area contributed by atoms with E-state index < -0.39 is 0 Å². The van der Waals surface area contributed by atoms with E-state index in [1.807, 2.05) is 31.4 Å². The van der Waals surface area contributed by atoms with Gasteiger partial charge in [-0.05, 0) is 24.0 Å². The summed E-state index contributed by atoms with van der Waals surface area (Å²) in [6.07, 6.45) is 6.25. The molecule has 0 unspecified atom stereocenters. The van der Waals surface area contributed by atoms with Gasteiger partial charge < -0.3 is 14.6 Å². The van der Waals surface area contributed by atoms with Crippen molar-refractivity contribution in [2.75, 3.05) is 26.7 Å². The Hall–Kier alpha value is -1.31. The van der Waals surface area contributed by atoms with Crippen LogP contribution in [0.4, 0.5) is 0 Å². The molecule has 0 aromatic carbocycles. The Balaban J connectivity index is 0.00000192. The predicted octanol–water partition coefficient (Wildman–Crippen LogP) is 2.80. The molecule has 0 aliphatic carbocycles. The minimum absolute atomic E-state index is 0. The van der Waals surface area contributed by atoms with E-state index in [9.17, 15) is 0 Å². The number of rotatable bonds is 3. The molecule has 0 saturated carbocycles. The number of imidazole rings is 1. The molecular weight excluding hydrogens is 401 g/mol. The van der Waals surface area contributed by atoms with Crippen molar-refractivity contribution in [2.45, 2.75) is 26.7 Å². The number of nitrogens with one attached hydrogen (secondary N) is 1. The fraction of sp³-hybridized carbons (Fsp3) is 0.529. The molecule has 2 aromatic heterocycles. The molecule has 1 saturated heterocycles.